The second-order valence-electron chi connectivity index (χ2n) is 8.46. The van der Waals surface area contributed by atoms with E-state index in [0.29, 0.717) is 37.0 Å². The molecule has 0 spiro atoms. The molecule has 29 heavy (non-hydrogen) atoms. The van der Waals surface area contributed by atoms with Crippen LogP contribution >= 0.6 is 0 Å². The minimum Gasteiger partial charge on any atom is -0.374 e. The van der Waals surface area contributed by atoms with Crippen molar-refractivity contribution in [1.29, 1.82) is 0 Å². The van der Waals surface area contributed by atoms with Crippen LogP contribution in [0.1, 0.15) is 53.6 Å². The van der Waals surface area contributed by atoms with Gasteiger partial charge in [-0.1, -0.05) is 48.0 Å². The normalized spacial score (nSPS) is 24.7. The third kappa shape index (κ3) is 4.76. The Morgan fingerprint density at radius 2 is 1.76 bits per heavy atom. The molecule has 1 saturated carbocycles. The molecule has 1 saturated heterocycles. The predicted molar refractivity (Wildman–Crippen MR) is 112 cm³/mol. The lowest BCUT2D eigenvalue weighted by Crippen LogP contribution is -2.36. The van der Waals surface area contributed by atoms with Gasteiger partial charge in [0.25, 0.3) is 5.91 Å². The van der Waals surface area contributed by atoms with E-state index in [-0.39, 0.29) is 17.9 Å². The lowest BCUT2D eigenvalue weighted by molar-refractivity contribution is -0.129. The van der Waals surface area contributed by atoms with Crippen molar-refractivity contribution in [2.45, 2.75) is 51.7 Å². The molecule has 2 aliphatic rings. The fourth-order valence-electron chi connectivity index (χ4n) is 4.67. The molecular formula is C25H29NO3. The molecule has 152 valence electrons. The highest BCUT2D eigenvalue weighted by Crippen LogP contribution is 2.38. The van der Waals surface area contributed by atoms with Gasteiger partial charge in [-0.2, -0.15) is 0 Å². The summed E-state index contributed by atoms with van der Waals surface area (Å²) in [5.41, 5.74) is 2.90. The van der Waals surface area contributed by atoms with Crippen LogP contribution in [0.3, 0.4) is 0 Å². The van der Waals surface area contributed by atoms with Crippen LogP contribution in [0, 0.1) is 18.8 Å². The number of aryl methyl sites for hydroxylation is 1. The number of carbonyl (C=O) groups is 2. The molecule has 2 amide bonds. The van der Waals surface area contributed by atoms with Crippen LogP contribution in [0.4, 0.5) is 0 Å². The molecule has 0 radical (unpaired) electrons. The predicted octanol–water partition coefficient (Wildman–Crippen LogP) is 4.76. The summed E-state index contributed by atoms with van der Waals surface area (Å²) in [5, 5.41) is 0. The van der Waals surface area contributed by atoms with E-state index in [4.69, 9.17) is 4.74 Å². The number of nitrogens with zero attached hydrogens (tertiary/aromatic N) is 1. The average Bonchev–Trinajstić information content (AvgIpc) is 2.91. The molecule has 4 heteroatoms. The van der Waals surface area contributed by atoms with Gasteiger partial charge in [-0.05, 0) is 62.1 Å². The van der Waals surface area contributed by atoms with Crippen LogP contribution in [-0.2, 0) is 16.1 Å². The Kier molecular flexibility index (Phi) is 6.10. The number of imide groups is 1. The standard InChI is InChI=1S/C25H29NO3/c1-18-7-9-20(10-8-18)25(28)26-14-13-22-15-23(12-11-21(22)16-24(26)27)29-17-19-5-3-2-4-6-19/h2-10,21-23H,11-17H2,1H3. The zero-order valence-electron chi connectivity index (χ0n) is 17.0. The maximum atomic E-state index is 12.9. The van der Waals surface area contributed by atoms with E-state index in [0.717, 1.165) is 31.2 Å². The fraction of sp³-hybridized carbons (Fsp3) is 0.440. The average molecular weight is 392 g/mol. The SMILES string of the molecule is Cc1ccc(C(=O)N2CCC3CC(OCc4ccccc4)CCC3CC2=O)cc1. The van der Waals surface area contributed by atoms with Gasteiger partial charge in [0.1, 0.15) is 0 Å². The van der Waals surface area contributed by atoms with Crippen molar-refractivity contribution in [3.8, 4) is 0 Å². The summed E-state index contributed by atoms with van der Waals surface area (Å²) in [4.78, 5) is 27.2. The number of fused-ring (bicyclic) bond motifs is 1. The minimum atomic E-state index is -0.162. The van der Waals surface area contributed by atoms with Crippen molar-refractivity contribution in [3.05, 3.63) is 71.3 Å². The first-order chi connectivity index (χ1) is 14.1. The molecule has 3 unspecified atom stereocenters. The number of hydrogen-bond acceptors (Lipinski definition) is 3. The number of benzene rings is 2. The first kappa shape index (κ1) is 19.8. The molecule has 3 atom stereocenters. The van der Waals surface area contributed by atoms with E-state index in [1.54, 1.807) is 0 Å². The van der Waals surface area contributed by atoms with Crippen LogP contribution < -0.4 is 0 Å². The van der Waals surface area contributed by atoms with Gasteiger partial charge >= 0.3 is 0 Å². The van der Waals surface area contributed by atoms with Crippen molar-refractivity contribution >= 4 is 11.8 Å². The van der Waals surface area contributed by atoms with E-state index in [1.807, 2.05) is 49.4 Å². The molecule has 2 aromatic rings. The molecule has 0 bridgehead atoms. The monoisotopic (exact) mass is 391 g/mol. The lowest BCUT2D eigenvalue weighted by atomic mass is 9.75. The van der Waals surface area contributed by atoms with Gasteiger partial charge in [0.15, 0.2) is 0 Å². The molecule has 4 nitrogen and oxygen atoms in total. The highest BCUT2D eigenvalue weighted by Gasteiger charge is 2.37. The lowest BCUT2D eigenvalue weighted by Gasteiger charge is -2.34. The van der Waals surface area contributed by atoms with Crippen molar-refractivity contribution in [3.63, 3.8) is 0 Å². The van der Waals surface area contributed by atoms with E-state index in [9.17, 15) is 9.59 Å². The molecule has 4 rings (SSSR count). The summed E-state index contributed by atoms with van der Waals surface area (Å²) in [6.07, 6.45) is 4.57. The number of hydrogen-bond donors (Lipinski definition) is 0. The van der Waals surface area contributed by atoms with E-state index >= 15 is 0 Å². The van der Waals surface area contributed by atoms with Gasteiger partial charge in [0, 0.05) is 18.5 Å². The minimum absolute atomic E-state index is 0.0215. The van der Waals surface area contributed by atoms with Gasteiger partial charge < -0.3 is 4.74 Å². The Hall–Kier alpha value is -2.46. The third-order valence-electron chi connectivity index (χ3n) is 6.43. The molecule has 2 aromatic carbocycles. The fourth-order valence-corrected chi connectivity index (χ4v) is 4.67. The highest BCUT2D eigenvalue weighted by molar-refractivity contribution is 6.04. The summed E-state index contributed by atoms with van der Waals surface area (Å²) >= 11 is 0. The van der Waals surface area contributed by atoms with Crippen LogP contribution in [0.15, 0.2) is 54.6 Å². The van der Waals surface area contributed by atoms with E-state index in [2.05, 4.69) is 12.1 Å². The second kappa shape index (κ2) is 8.91. The van der Waals surface area contributed by atoms with Gasteiger partial charge in [-0.15, -0.1) is 0 Å². The largest absolute Gasteiger partial charge is 0.374 e. The Morgan fingerprint density at radius 1 is 1.00 bits per heavy atom. The quantitative estimate of drug-likeness (QED) is 0.706. The number of rotatable bonds is 4. The second-order valence-corrected chi connectivity index (χ2v) is 8.46. The van der Waals surface area contributed by atoms with Crippen LogP contribution in [-0.4, -0.2) is 29.4 Å². The van der Waals surface area contributed by atoms with E-state index < -0.39 is 0 Å². The van der Waals surface area contributed by atoms with Crippen molar-refractivity contribution < 1.29 is 14.3 Å². The number of likely N-dealkylation sites (tertiary alicyclic amines) is 1. The Bertz CT molecular complexity index is 846. The number of ether oxygens (including phenoxy) is 1. The maximum Gasteiger partial charge on any atom is 0.260 e. The van der Waals surface area contributed by atoms with E-state index in [1.165, 1.54) is 10.5 Å². The highest BCUT2D eigenvalue weighted by atomic mass is 16.5. The summed E-state index contributed by atoms with van der Waals surface area (Å²) in [6, 6.07) is 17.7. The van der Waals surface area contributed by atoms with Crippen molar-refractivity contribution in [1.82, 2.24) is 4.90 Å². The van der Waals surface area contributed by atoms with Crippen molar-refractivity contribution in [2.75, 3.05) is 6.54 Å². The smallest absolute Gasteiger partial charge is 0.260 e. The number of amides is 2. The summed E-state index contributed by atoms with van der Waals surface area (Å²) < 4.78 is 6.17. The zero-order valence-corrected chi connectivity index (χ0v) is 17.0. The summed E-state index contributed by atoms with van der Waals surface area (Å²) in [7, 11) is 0. The molecule has 1 aliphatic heterocycles. The Morgan fingerprint density at radius 3 is 2.52 bits per heavy atom. The Labute approximate surface area is 172 Å². The van der Waals surface area contributed by atoms with Crippen molar-refractivity contribution in [2.24, 2.45) is 11.8 Å². The first-order valence-electron chi connectivity index (χ1n) is 10.7. The molecule has 1 heterocycles. The summed E-state index contributed by atoms with van der Waals surface area (Å²) in [6.45, 7) is 3.14. The maximum absolute atomic E-state index is 12.9. The van der Waals surface area contributed by atoms with Crippen LogP contribution in [0.2, 0.25) is 0 Å². The van der Waals surface area contributed by atoms with Gasteiger partial charge in [0.2, 0.25) is 5.91 Å². The van der Waals surface area contributed by atoms with Gasteiger partial charge in [-0.3, -0.25) is 14.5 Å². The molecular weight excluding hydrogens is 362 g/mol. The zero-order chi connectivity index (χ0) is 20.2. The van der Waals surface area contributed by atoms with Gasteiger partial charge in [-0.25, -0.2) is 0 Å². The molecule has 2 fully saturated rings. The first-order valence-corrected chi connectivity index (χ1v) is 10.7. The van der Waals surface area contributed by atoms with Crippen LogP contribution in [0.5, 0.6) is 0 Å². The Balaban J connectivity index is 1.37. The van der Waals surface area contributed by atoms with Gasteiger partial charge in [0.05, 0.1) is 12.7 Å². The third-order valence-corrected chi connectivity index (χ3v) is 6.43. The molecule has 1 aliphatic carbocycles. The summed E-state index contributed by atoms with van der Waals surface area (Å²) in [5.74, 6) is 0.636. The number of carbonyl (C=O) groups excluding carboxylic acids is 2. The molecule has 0 aromatic heterocycles. The van der Waals surface area contributed by atoms with Crippen LogP contribution in [0.25, 0.3) is 0 Å². The topological polar surface area (TPSA) is 46.6 Å². The molecule has 0 N–H and O–H groups in total.